The van der Waals surface area contributed by atoms with Gasteiger partial charge >= 0.3 is 0 Å². The molecule has 0 bridgehead atoms. The molecule has 1 N–H and O–H groups in total. The summed E-state index contributed by atoms with van der Waals surface area (Å²) in [7, 11) is 0. The Bertz CT molecular complexity index is 650. The highest BCUT2D eigenvalue weighted by Gasteiger charge is 2.07. The second-order valence-corrected chi connectivity index (χ2v) is 5.56. The maximum atomic E-state index is 9.11. The van der Waals surface area contributed by atoms with Crippen molar-refractivity contribution in [2.45, 2.75) is 0 Å². The van der Waals surface area contributed by atoms with E-state index in [2.05, 4.69) is 49.3 Å². The van der Waals surface area contributed by atoms with E-state index < -0.39 is 0 Å². The second-order valence-electron chi connectivity index (χ2n) is 3.73. The van der Waals surface area contributed by atoms with Crippen molar-refractivity contribution in [1.29, 1.82) is 10.5 Å². The van der Waals surface area contributed by atoms with E-state index in [4.69, 9.17) is 10.5 Å². The van der Waals surface area contributed by atoms with Crippen LogP contribution >= 0.6 is 31.9 Å². The normalized spacial score (nSPS) is 9.47. The fourth-order valence-corrected chi connectivity index (χ4v) is 2.30. The largest absolute Gasteiger partial charge is 0.353 e. The molecule has 0 aromatic heterocycles. The third-order valence-electron chi connectivity index (χ3n) is 2.47. The predicted molar refractivity (Wildman–Crippen MR) is 81.0 cm³/mol. The van der Waals surface area contributed by atoms with Gasteiger partial charge in [-0.3, -0.25) is 0 Å². The van der Waals surface area contributed by atoms with E-state index in [0.717, 1.165) is 8.95 Å². The van der Waals surface area contributed by atoms with Gasteiger partial charge in [-0.1, -0.05) is 31.9 Å². The zero-order valence-electron chi connectivity index (χ0n) is 9.61. The summed E-state index contributed by atoms with van der Waals surface area (Å²) in [4.78, 5) is 0. The lowest BCUT2D eigenvalue weighted by molar-refractivity contribution is 1.42. The first-order chi connectivity index (χ1) is 9.13. The van der Waals surface area contributed by atoms with Crippen LogP contribution in [0.3, 0.4) is 0 Å². The lowest BCUT2D eigenvalue weighted by Crippen LogP contribution is -1.96. The van der Waals surface area contributed by atoms with Crippen LogP contribution in [0.2, 0.25) is 0 Å². The topological polar surface area (TPSA) is 59.6 Å². The van der Waals surface area contributed by atoms with Crippen LogP contribution in [0.15, 0.2) is 45.3 Å². The van der Waals surface area contributed by atoms with Gasteiger partial charge in [0, 0.05) is 8.95 Å². The van der Waals surface area contributed by atoms with Crippen LogP contribution in [0, 0.1) is 22.7 Å². The molecule has 0 fully saturated rings. The van der Waals surface area contributed by atoms with Gasteiger partial charge in [-0.2, -0.15) is 10.5 Å². The van der Waals surface area contributed by atoms with Gasteiger partial charge in [0.15, 0.2) is 0 Å². The van der Waals surface area contributed by atoms with E-state index in [-0.39, 0.29) is 0 Å². The molecule has 19 heavy (non-hydrogen) atoms. The van der Waals surface area contributed by atoms with E-state index in [9.17, 15) is 0 Å². The summed E-state index contributed by atoms with van der Waals surface area (Å²) >= 11 is 6.65. The van der Waals surface area contributed by atoms with Crippen LogP contribution in [0.4, 0.5) is 11.4 Å². The Morgan fingerprint density at radius 3 is 1.58 bits per heavy atom. The van der Waals surface area contributed by atoms with Gasteiger partial charge in [0.05, 0.1) is 22.5 Å². The standard InChI is InChI=1S/C14H7Br2N3/c15-11-1-3-13(9(5-11)7-17)19-14-4-2-12(16)6-10(14)8-18/h1-6,19H. The van der Waals surface area contributed by atoms with Gasteiger partial charge in [-0.05, 0) is 36.4 Å². The minimum atomic E-state index is 0.515. The number of halogens is 2. The molecule has 0 spiro atoms. The van der Waals surface area contributed by atoms with Crippen molar-refractivity contribution in [3.63, 3.8) is 0 Å². The van der Waals surface area contributed by atoms with Gasteiger partial charge in [0.25, 0.3) is 0 Å². The molecule has 0 aliphatic heterocycles. The molecule has 0 unspecified atom stereocenters. The molecule has 0 amide bonds. The van der Waals surface area contributed by atoms with Gasteiger partial charge in [-0.25, -0.2) is 0 Å². The highest BCUT2D eigenvalue weighted by atomic mass is 79.9. The van der Waals surface area contributed by atoms with Crippen molar-refractivity contribution in [3.8, 4) is 12.1 Å². The highest BCUT2D eigenvalue weighted by Crippen LogP contribution is 2.27. The predicted octanol–water partition coefficient (Wildman–Crippen LogP) is 4.70. The number of rotatable bonds is 2. The molecule has 3 nitrogen and oxygen atoms in total. The van der Waals surface area contributed by atoms with E-state index in [1.54, 1.807) is 24.3 Å². The van der Waals surface area contributed by atoms with Crippen LogP contribution < -0.4 is 5.32 Å². The summed E-state index contributed by atoms with van der Waals surface area (Å²) in [5, 5.41) is 21.3. The number of hydrogen-bond acceptors (Lipinski definition) is 3. The Morgan fingerprint density at radius 2 is 1.21 bits per heavy atom. The average molecular weight is 377 g/mol. The van der Waals surface area contributed by atoms with Crippen molar-refractivity contribution >= 4 is 43.2 Å². The smallest absolute Gasteiger partial charge is 0.101 e. The number of benzene rings is 2. The Kier molecular flexibility index (Phi) is 4.21. The Hall–Kier alpha value is -1.82. The average Bonchev–Trinajstić information content (AvgIpc) is 2.42. The van der Waals surface area contributed by atoms with Crippen LogP contribution in [0.5, 0.6) is 0 Å². The lowest BCUT2D eigenvalue weighted by Gasteiger charge is -2.10. The first-order valence-corrected chi connectivity index (χ1v) is 6.89. The van der Waals surface area contributed by atoms with Crippen LogP contribution in [-0.4, -0.2) is 0 Å². The van der Waals surface area contributed by atoms with Crippen molar-refractivity contribution < 1.29 is 0 Å². The summed E-state index contributed by atoms with van der Waals surface area (Å²) in [5.41, 5.74) is 2.37. The number of nitrogens with zero attached hydrogens (tertiary/aromatic N) is 2. The molecular weight excluding hydrogens is 370 g/mol. The molecule has 0 aliphatic rings. The van der Waals surface area contributed by atoms with E-state index in [1.807, 2.05) is 12.1 Å². The van der Waals surface area contributed by atoms with Crippen molar-refractivity contribution in [3.05, 3.63) is 56.5 Å². The molecule has 92 valence electrons. The molecule has 2 aromatic rings. The monoisotopic (exact) mass is 375 g/mol. The SMILES string of the molecule is N#Cc1cc(Br)ccc1Nc1ccc(Br)cc1C#N. The molecule has 0 heterocycles. The molecule has 0 radical (unpaired) electrons. The maximum Gasteiger partial charge on any atom is 0.101 e. The summed E-state index contributed by atoms with van der Waals surface area (Å²) < 4.78 is 1.68. The number of nitriles is 2. The van der Waals surface area contributed by atoms with Gasteiger partial charge < -0.3 is 5.32 Å². The fraction of sp³-hybridized carbons (Fsp3) is 0. The maximum absolute atomic E-state index is 9.11. The van der Waals surface area contributed by atoms with Gasteiger partial charge in [0.1, 0.15) is 12.1 Å². The first-order valence-electron chi connectivity index (χ1n) is 5.30. The molecule has 2 rings (SSSR count). The summed E-state index contributed by atoms with van der Waals surface area (Å²) in [6.45, 7) is 0. The number of hydrogen-bond donors (Lipinski definition) is 1. The first kappa shape index (κ1) is 13.6. The third kappa shape index (κ3) is 3.14. The van der Waals surface area contributed by atoms with E-state index in [0.29, 0.717) is 22.5 Å². The second kappa shape index (κ2) is 5.88. The number of anilines is 2. The van der Waals surface area contributed by atoms with Crippen molar-refractivity contribution in [2.75, 3.05) is 5.32 Å². The van der Waals surface area contributed by atoms with Gasteiger partial charge in [0.2, 0.25) is 0 Å². The zero-order chi connectivity index (χ0) is 13.8. The third-order valence-corrected chi connectivity index (χ3v) is 3.46. The summed E-state index contributed by atoms with van der Waals surface area (Å²) in [6.07, 6.45) is 0. The highest BCUT2D eigenvalue weighted by molar-refractivity contribution is 9.10. The quantitative estimate of drug-likeness (QED) is 0.826. The molecule has 2 aromatic carbocycles. The van der Waals surface area contributed by atoms with Crippen molar-refractivity contribution in [2.24, 2.45) is 0 Å². The van der Waals surface area contributed by atoms with E-state index >= 15 is 0 Å². The van der Waals surface area contributed by atoms with Crippen LogP contribution in [0.25, 0.3) is 0 Å². The zero-order valence-corrected chi connectivity index (χ0v) is 12.8. The molecule has 0 saturated heterocycles. The van der Waals surface area contributed by atoms with Crippen molar-refractivity contribution in [1.82, 2.24) is 0 Å². The minimum absolute atomic E-state index is 0.515. The molecule has 0 aliphatic carbocycles. The Balaban J connectivity index is 2.43. The fourth-order valence-electron chi connectivity index (χ4n) is 1.58. The minimum Gasteiger partial charge on any atom is -0.353 e. The molecule has 0 atom stereocenters. The number of nitrogens with one attached hydrogen (secondary N) is 1. The molecule has 0 saturated carbocycles. The van der Waals surface area contributed by atoms with Gasteiger partial charge in [-0.15, -0.1) is 0 Å². The lowest BCUT2D eigenvalue weighted by atomic mass is 10.1. The summed E-state index contributed by atoms with van der Waals surface area (Å²) in [5.74, 6) is 0. The molecular formula is C14H7Br2N3. The Labute approximate surface area is 127 Å². The van der Waals surface area contributed by atoms with Crippen LogP contribution in [0.1, 0.15) is 11.1 Å². The summed E-state index contributed by atoms with van der Waals surface area (Å²) in [6, 6.07) is 15.0. The molecule has 5 heteroatoms. The Morgan fingerprint density at radius 1 is 0.789 bits per heavy atom. The van der Waals surface area contributed by atoms with E-state index in [1.165, 1.54) is 0 Å². The van der Waals surface area contributed by atoms with Crippen LogP contribution in [-0.2, 0) is 0 Å².